The Hall–Kier alpha value is -2.63. The largest absolute Gasteiger partial charge is 0.497 e. The fourth-order valence-corrected chi connectivity index (χ4v) is 5.52. The number of aromatic nitrogens is 1. The van der Waals surface area contributed by atoms with Crippen LogP contribution in [0.4, 0.5) is 0 Å². The molecule has 0 radical (unpaired) electrons. The highest BCUT2D eigenvalue weighted by molar-refractivity contribution is 6.37. The lowest BCUT2D eigenvalue weighted by Crippen LogP contribution is -2.33. The van der Waals surface area contributed by atoms with Crippen molar-refractivity contribution < 1.29 is 14.6 Å². The molecule has 1 saturated heterocycles. The second kappa shape index (κ2) is 9.93. The number of methoxy groups -OCH3 is 1. The highest BCUT2D eigenvalue weighted by Crippen LogP contribution is 2.37. The smallest absolute Gasteiger partial charge is 0.303 e. The van der Waals surface area contributed by atoms with Crippen LogP contribution in [-0.2, 0) is 18.3 Å². The number of nitrogens with zero attached hydrogens (tertiary/aromatic N) is 2. The summed E-state index contributed by atoms with van der Waals surface area (Å²) in [6.07, 6.45) is 2.49. The van der Waals surface area contributed by atoms with E-state index in [-0.39, 0.29) is 12.3 Å². The first kappa shape index (κ1) is 24.5. The molecule has 2 aromatic carbocycles. The molecule has 180 valence electrons. The van der Waals surface area contributed by atoms with Crippen LogP contribution in [0, 0.1) is 12.8 Å². The van der Waals surface area contributed by atoms with Crippen LogP contribution < -0.4 is 4.74 Å². The van der Waals surface area contributed by atoms with Crippen molar-refractivity contribution in [1.82, 2.24) is 9.47 Å². The zero-order chi connectivity index (χ0) is 24.6. The molecule has 4 rings (SSSR count). The van der Waals surface area contributed by atoms with Crippen LogP contribution in [0.3, 0.4) is 0 Å². The van der Waals surface area contributed by atoms with Crippen LogP contribution in [0.1, 0.15) is 41.6 Å². The van der Waals surface area contributed by atoms with E-state index in [4.69, 9.17) is 33.0 Å². The Balaban J connectivity index is 1.60. The van der Waals surface area contributed by atoms with Crippen molar-refractivity contribution in [3.05, 3.63) is 69.3 Å². The zero-order valence-electron chi connectivity index (χ0n) is 19.8. The summed E-state index contributed by atoms with van der Waals surface area (Å²) in [7, 11) is 3.72. The summed E-state index contributed by atoms with van der Waals surface area (Å²) < 4.78 is 7.61. The minimum absolute atomic E-state index is 0.214. The van der Waals surface area contributed by atoms with Gasteiger partial charge < -0.3 is 19.3 Å². The van der Waals surface area contributed by atoms with Gasteiger partial charge in [-0.05, 0) is 61.1 Å². The van der Waals surface area contributed by atoms with Crippen LogP contribution in [0.5, 0.6) is 5.75 Å². The lowest BCUT2D eigenvalue weighted by atomic mass is 9.92. The number of piperidine rings is 1. The Bertz CT molecular complexity index is 1260. The minimum Gasteiger partial charge on any atom is -0.497 e. The fraction of sp³-hybridized carbons (Fsp3) is 0.370. The number of hydrogen-bond donors (Lipinski definition) is 1. The second-order valence-corrected chi connectivity index (χ2v) is 9.90. The third-order valence-corrected chi connectivity index (χ3v) is 7.78. The van der Waals surface area contributed by atoms with Gasteiger partial charge >= 0.3 is 5.97 Å². The normalized spacial score (nSPS) is 14.6. The van der Waals surface area contributed by atoms with Crippen molar-refractivity contribution in [2.45, 2.75) is 32.6 Å². The van der Waals surface area contributed by atoms with Gasteiger partial charge in [0.25, 0.3) is 0 Å². The van der Waals surface area contributed by atoms with E-state index in [1.165, 1.54) is 5.39 Å². The molecule has 7 heteroatoms. The molecular formula is C27H30Cl2N2O3. The Kier molecular flexibility index (Phi) is 7.15. The number of aryl methyl sites for hydroxylation is 2. The monoisotopic (exact) mass is 500 g/mol. The van der Waals surface area contributed by atoms with E-state index in [0.29, 0.717) is 16.5 Å². The number of likely N-dealkylation sites (tertiary alicyclic amines) is 1. The quantitative estimate of drug-likeness (QED) is 0.399. The van der Waals surface area contributed by atoms with Crippen LogP contribution in [0.15, 0.2) is 36.9 Å². The molecule has 0 bridgehead atoms. The number of rotatable bonds is 7. The summed E-state index contributed by atoms with van der Waals surface area (Å²) in [6.45, 7) is 7.95. The average Bonchev–Trinajstić information content (AvgIpc) is 3.12. The van der Waals surface area contributed by atoms with Crippen molar-refractivity contribution >= 4 is 45.8 Å². The van der Waals surface area contributed by atoms with Crippen molar-refractivity contribution in [1.29, 1.82) is 0 Å². The van der Waals surface area contributed by atoms with Gasteiger partial charge in [0.15, 0.2) is 0 Å². The predicted octanol–water partition coefficient (Wildman–Crippen LogP) is 6.55. The lowest BCUT2D eigenvalue weighted by Gasteiger charge is -2.34. The van der Waals surface area contributed by atoms with Crippen molar-refractivity contribution in [2.24, 2.45) is 13.0 Å². The molecule has 5 nitrogen and oxygen atoms in total. The molecule has 3 aromatic rings. The van der Waals surface area contributed by atoms with E-state index < -0.39 is 5.97 Å². The highest BCUT2D eigenvalue weighted by atomic mass is 35.5. The molecule has 0 amide bonds. The number of halogens is 2. The topological polar surface area (TPSA) is 54.7 Å². The Morgan fingerprint density at radius 2 is 1.91 bits per heavy atom. The van der Waals surface area contributed by atoms with Gasteiger partial charge in [-0.2, -0.15) is 0 Å². The number of carbonyl (C=O) groups is 1. The number of fused-ring (bicyclic) bond motifs is 1. The van der Waals surface area contributed by atoms with Gasteiger partial charge in [0.2, 0.25) is 0 Å². The fourth-order valence-electron chi connectivity index (χ4n) is 4.91. The van der Waals surface area contributed by atoms with Crippen molar-refractivity contribution in [2.75, 3.05) is 20.2 Å². The third-order valence-electron chi connectivity index (χ3n) is 6.99. The number of carboxylic acids is 1. The molecule has 1 aromatic heterocycles. The summed E-state index contributed by atoms with van der Waals surface area (Å²) in [5, 5.41) is 11.5. The van der Waals surface area contributed by atoms with Gasteiger partial charge in [0.05, 0.1) is 17.6 Å². The molecule has 0 saturated carbocycles. The number of hydrogen-bond acceptors (Lipinski definition) is 3. The molecule has 1 aliphatic rings. The summed E-state index contributed by atoms with van der Waals surface area (Å²) in [4.78, 5) is 13.2. The summed E-state index contributed by atoms with van der Waals surface area (Å²) >= 11 is 13.6. The molecule has 34 heavy (non-hydrogen) atoms. The first-order valence-electron chi connectivity index (χ1n) is 11.5. The number of carboxylic acid groups (broad SMARTS) is 1. The van der Waals surface area contributed by atoms with E-state index in [0.717, 1.165) is 65.3 Å². The molecule has 2 heterocycles. The number of ether oxygens (including phenoxy) is 1. The predicted molar refractivity (Wildman–Crippen MR) is 139 cm³/mol. The van der Waals surface area contributed by atoms with E-state index in [1.807, 2.05) is 31.3 Å². The van der Waals surface area contributed by atoms with E-state index in [9.17, 15) is 4.79 Å². The van der Waals surface area contributed by atoms with Gasteiger partial charge in [0, 0.05) is 66.4 Å². The van der Waals surface area contributed by atoms with Crippen LogP contribution in [-0.4, -0.2) is 40.7 Å². The number of aliphatic carboxylic acids is 1. The van der Waals surface area contributed by atoms with Gasteiger partial charge in [0.1, 0.15) is 5.75 Å². The van der Waals surface area contributed by atoms with Crippen LogP contribution >= 0.6 is 23.2 Å². The summed E-state index contributed by atoms with van der Waals surface area (Å²) in [5.41, 5.74) is 5.96. The van der Waals surface area contributed by atoms with E-state index in [1.54, 1.807) is 7.11 Å². The minimum atomic E-state index is -0.732. The average molecular weight is 501 g/mol. The van der Waals surface area contributed by atoms with E-state index >= 15 is 0 Å². The SMILES string of the molecule is C=C(c1ccc(Cl)c(Cc2cc3c(C)cc(OC)cc3n2C)c1Cl)N1CCC(CC(=O)O)CC1. The van der Waals surface area contributed by atoms with E-state index in [2.05, 4.69) is 29.0 Å². The molecule has 1 aliphatic heterocycles. The molecule has 0 unspecified atom stereocenters. The summed E-state index contributed by atoms with van der Waals surface area (Å²) in [6, 6.07) is 10.1. The standard InChI is InChI=1S/C27H30Cl2N2O3/c1-16-11-20(34-4)15-25-22(16)13-19(30(25)3)14-23-24(28)6-5-21(27(23)29)17(2)31-9-7-18(8-10-31)12-26(32)33/h5-6,11,13,15,18H,2,7-10,12,14H2,1,3-4H3,(H,32,33). The van der Waals surface area contributed by atoms with Crippen molar-refractivity contribution in [3.8, 4) is 5.75 Å². The second-order valence-electron chi connectivity index (χ2n) is 9.11. The van der Waals surface area contributed by atoms with Crippen LogP contribution in [0.2, 0.25) is 10.0 Å². The van der Waals surface area contributed by atoms with Gasteiger partial charge in [-0.1, -0.05) is 29.8 Å². The van der Waals surface area contributed by atoms with Gasteiger partial charge in [-0.3, -0.25) is 4.79 Å². The third kappa shape index (κ3) is 4.77. The maximum absolute atomic E-state index is 11.0. The molecular weight excluding hydrogens is 471 g/mol. The van der Waals surface area contributed by atoms with Gasteiger partial charge in [-0.15, -0.1) is 0 Å². The lowest BCUT2D eigenvalue weighted by molar-refractivity contribution is -0.138. The Morgan fingerprint density at radius 3 is 2.56 bits per heavy atom. The number of benzene rings is 2. The van der Waals surface area contributed by atoms with Crippen molar-refractivity contribution in [3.63, 3.8) is 0 Å². The Morgan fingerprint density at radius 1 is 1.21 bits per heavy atom. The molecule has 0 spiro atoms. The molecule has 1 N–H and O–H groups in total. The molecule has 0 atom stereocenters. The molecule has 1 fully saturated rings. The zero-order valence-corrected chi connectivity index (χ0v) is 21.3. The maximum Gasteiger partial charge on any atom is 0.303 e. The highest BCUT2D eigenvalue weighted by Gasteiger charge is 2.24. The molecule has 0 aliphatic carbocycles. The first-order valence-corrected chi connectivity index (χ1v) is 12.2. The van der Waals surface area contributed by atoms with Crippen LogP contribution in [0.25, 0.3) is 16.6 Å². The Labute approximate surface area is 210 Å². The van der Waals surface area contributed by atoms with Gasteiger partial charge in [-0.25, -0.2) is 0 Å². The maximum atomic E-state index is 11.0. The summed E-state index contributed by atoms with van der Waals surface area (Å²) in [5.74, 6) is 0.315. The first-order chi connectivity index (χ1) is 16.2.